The van der Waals surface area contributed by atoms with Crippen LogP contribution >= 0.6 is 0 Å². The van der Waals surface area contributed by atoms with E-state index in [2.05, 4.69) is 24.9 Å². The number of aliphatic hydroxyl groups excluding tert-OH is 1. The lowest BCUT2D eigenvalue weighted by atomic mass is 10.1. The maximum absolute atomic E-state index is 7.57. The Bertz CT molecular complexity index is 795. The second kappa shape index (κ2) is 11.9. The highest BCUT2D eigenvalue weighted by molar-refractivity contribution is 5.53. The van der Waals surface area contributed by atoms with E-state index in [0.717, 1.165) is 22.8 Å². The van der Waals surface area contributed by atoms with Crippen molar-refractivity contribution in [2.45, 2.75) is 48.1 Å². The van der Waals surface area contributed by atoms with E-state index in [1.807, 2.05) is 63.2 Å². The SMILES string of the molecule is CC.CCO.Cc1ccc(OCc2nc(-c3ccccc3)oc2C)cc1C. The van der Waals surface area contributed by atoms with Gasteiger partial charge in [-0.3, -0.25) is 0 Å². The Balaban J connectivity index is 0.000000665. The Morgan fingerprint density at radius 3 is 2.19 bits per heavy atom. The van der Waals surface area contributed by atoms with Gasteiger partial charge in [-0.25, -0.2) is 4.98 Å². The van der Waals surface area contributed by atoms with Gasteiger partial charge in [-0.15, -0.1) is 0 Å². The van der Waals surface area contributed by atoms with Crippen LogP contribution in [-0.2, 0) is 6.61 Å². The summed E-state index contributed by atoms with van der Waals surface area (Å²) >= 11 is 0. The highest BCUT2D eigenvalue weighted by Gasteiger charge is 2.11. The lowest BCUT2D eigenvalue weighted by Crippen LogP contribution is -1.98. The van der Waals surface area contributed by atoms with E-state index in [0.29, 0.717) is 12.5 Å². The number of nitrogens with zero attached hydrogens (tertiary/aromatic N) is 1. The van der Waals surface area contributed by atoms with Crippen molar-refractivity contribution < 1.29 is 14.3 Å². The molecule has 1 aromatic heterocycles. The van der Waals surface area contributed by atoms with E-state index in [-0.39, 0.29) is 6.61 Å². The van der Waals surface area contributed by atoms with Crippen LogP contribution in [-0.4, -0.2) is 16.7 Å². The molecule has 146 valence electrons. The van der Waals surface area contributed by atoms with Crippen molar-refractivity contribution >= 4 is 0 Å². The van der Waals surface area contributed by atoms with Crippen LogP contribution in [0.1, 0.15) is 43.4 Å². The lowest BCUT2D eigenvalue weighted by molar-refractivity contribution is 0.299. The first-order valence-corrected chi connectivity index (χ1v) is 9.37. The summed E-state index contributed by atoms with van der Waals surface area (Å²) in [4.78, 5) is 4.54. The molecule has 0 atom stereocenters. The zero-order chi connectivity index (χ0) is 20.2. The first kappa shape index (κ1) is 22.5. The zero-order valence-corrected chi connectivity index (χ0v) is 17.2. The van der Waals surface area contributed by atoms with Crippen molar-refractivity contribution in [2.24, 2.45) is 0 Å². The van der Waals surface area contributed by atoms with Gasteiger partial charge in [-0.1, -0.05) is 38.1 Å². The first-order valence-electron chi connectivity index (χ1n) is 9.37. The Morgan fingerprint density at radius 2 is 1.59 bits per heavy atom. The Labute approximate surface area is 162 Å². The van der Waals surface area contributed by atoms with Gasteiger partial charge in [-0.05, 0) is 63.1 Å². The van der Waals surface area contributed by atoms with Crippen LogP contribution in [0.4, 0.5) is 0 Å². The Kier molecular flexibility index (Phi) is 9.91. The number of rotatable bonds is 4. The van der Waals surface area contributed by atoms with Crippen LogP contribution in [0.3, 0.4) is 0 Å². The minimum Gasteiger partial charge on any atom is -0.487 e. The molecule has 0 radical (unpaired) electrons. The van der Waals surface area contributed by atoms with Gasteiger partial charge in [0.15, 0.2) is 0 Å². The summed E-state index contributed by atoms with van der Waals surface area (Å²) in [5.41, 5.74) is 4.29. The molecule has 0 aliphatic heterocycles. The number of hydrogen-bond acceptors (Lipinski definition) is 4. The van der Waals surface area contributed by atoms with Gasteiger partial charge in [0.1, 0.15) is 23.8 Å². The summed E-state index contributed by atoms with van der Waals surface area (Å²) in [6.07, 6.45) is 0. The third kappa shape index (κ3) is 6.91. The second-order valence-electron chi connectivity index (χ2n) is 5.74. The van der Waals surface area contributed by atoms with Crippen LogP contribution in [0.25, 0.3) is 11.5 Å². The standard InChI is InChI=1S/C19H19NO2.C2H6O.C2H6/c1-13-9-10-17(11-14(13)2)21-12-18-15(3)22-19(20-18)16-7-5-4-6-8-16;1-2-3;1-2/h4-11H,12H2,1-3H3;3H,2H2,1H3;1-2H3. The predicted octanol–water partition coefficient (Wildman–Crippen LogP) is 5.87. The predicted molar refractivity (Wildman–Crippen MR) is 111 cm³/mol. The highest BCUT2D eigenvalue weighted by Crippen LogP contribution is 2.23. The second-order valence-corrected chi connectivity index (χ2v) is 5.74. The molecule has 3 rings (SSSR count). The van der Waals surface area contributed by atoms with Gasteiger partial charge in [0.2, 0.25) is 5.89 Å². The summed E-state index contributed by atoms with van der Waals surface area (Å²) < 4.78 is 11.6. The zero-order valence-electron chi connectivity index (χ0n) is 17.2. The molecule has 27 heavy (non-hydrogen) atoms. The monoisotopic (exact) mass is 369 g/mol. The van der Waals surface area contributed by atoms with Gasteiger partial charge in [0.05, 0.1) is 0 Å². The molecular weight excluding hydrogens is 338 g/mol. The summed E-state index contributed by atoms with van der Waals surface area (Å²) in [5.74, 6) is 2.28. The molecule has 0 aliphatic carbocycles. The van der Waals surface area contributed by atoms with Crippen LogP contribution in [0.2, 0.25) is 0 Å². The average Bonchev–Trinajstić information content (AvgIpc) is 3.06. The number of oxazole rings is 1. The van der Waals surface area contributed by atoms with Gasteiger partial charge in [-0.2, -0.15) is 0 Å². The van der Waals surface area contributed by atoms with E-state index in [9.17, 15) is 0 Å². The van der Waals surface area contributed by atoms with E-state index in [1.165, 1.54) is 11.1 Å². The fourth-order valence-corrected chi connectivity index (χ4v) is 2.22. The average molecular weight is 370 g/mol. The van der Waals surface area contributed by atoms with Crippen molar-refractivity contribution in [3.05, 3.63) is 71.1 Å². The number of ether oxygens (including phenoxy) is 1. The minimum absolute atomic E-state index is 0.250. The molecule has 0 saturated carbocycles. The topological polar surface area (TPSA) is 55.5 Å². The summed E-state index contributed by atoms with van der Waals surface area (Å²) in [7, 11) is 0. The number of hydrogen-bond donors (Lipinski definition) is 1. The molecule has 0 unspecified atom stereocenters. The molecule has 2 aromatic carbocycles. The number of aromatic nitrogens is 1. The van der Waals surface area contributed by atoms with E-state index < -0.39 is 0 Å². The van der Waals surface area contributed by atoms with Gasteiger partial charge in [0, 0.05) is 12.2 Å². The van der Waals surface area contributed by atoms with Crippen LogP contribution in [0.5, 0.6) is 5.75 Å². The van der Waals surface area contributed by atoms with Crippen molar-refractivity contribution in [3.63, 3.8) is 0 Å². The van der Waals surface area contributed by atoms with Crippen LogP contribution in [0, 0.1) is 20.8 Å². The fourth-order valence-electron chi connectivity index (χ4n) is 2.22. The third-order valence-corrected chi connectivity index (χ3v) is 3.77. The summed E-state index contributed by atoms with van der Waals surface area (Å²) in [6.45, 7) is 12.4. The first-order chi connectivity index (χ1) is 13.0. The molecule has 0 aliphatic rings. The van der Waals surface area contributed by atoms with Gasteiger partial charge in [0.25, 0.3) is 0 Å². The molecule has 4 heteroatoms. The number of aryl methyl sites for hydroxylation is 3. The molecule has 1 N–H and O–H groups in total. The normalized spacial score (nSPS) is 9.59. The van der Waals surface area contributed by atoms with Crippen molar-refractivity contribution in [1.29, 1.82) is 0 Å². The van der Waals surface area contributed by atoms with E-state index in [1.54, 1.807) is 6.92 Å². The lowest BCUT2D eigenvalue weighted by Gasteiger charge is -2.07. The van der Waals surface area contributed by atoms with Crippen LogP contribution < -0.4 is 4.74 Å². The number of benzene rings is 2. The molecule has 0 bridgehead atoms. The molecule has 1 heterocycles. The molecule has 0 saturated heterocycles. The molecule has 0 fully saturated rings. The molecule has 4 nitrogen and oxygen atoms in total. The highest BCUT2D eigenvalue weighted by atomic mass is 16.5. The van der Waals surface area contributed by atoms with E-state index in [4.69, 9.17) is 14.3 Å². The van der Waals surface area contributed by atoms with Crippen molar-refractivity contribution in [3.8, 4) is 17.2 Å². The van der Waals surface area contributed by atoms with Gasteiger partial charge < -0.3 is 14.3 Å². The number of aliphatic hydroxyl groups is 1. The third-order valence-electron chi connectivity index (χ3n) is 3.77. The Hall–Kier alpha value is -2.59. The quantitative estimate of drug-likeness (QED) is 0.625. The summed E-state index contributed by atoms with van der Waals surface area (Å²) in [5, 5.41) is 7.57. The Morgan fingerprint density at radius 1 is 0.963 bits per heavy atom. The molecule has 0 spiro atoms. The smallest absolute Gasteiger partial charge is 0.226 e. The van der Waals surface area contributed by atoms with Crippen molar-refractivity contribution in [1.82, 2.24) is 4.98 Å². The van der Waals surface area contributed by atoms with E-state index >= 15 is 0 Å². The molecule has 0 amide bonds. The minimum atomic E-state index is 0.250. The molecule has 3 aromatic rings. The maximum Gasteiger partial charge on any atom is 0.226 e. The van der Waals surface area contributed by atoms with Crippen LogP contribution in [0.15, 0.2) is 52.9 Å². The van der Waals surface area contributed by atoms with Crippen molar-refractivity contribution in [2.75, 3.05) is 6.61 Å². The summed E-state index contributed by atoms with van der Waals surface area (Å²) in [6, 6.07) is 16.0. The van der Waals surface area contributed by atoms with Gasteiger partial charge >= 0.3 is 0 Å². The molecular formula is C23H31NO3. The largest absolute Gasteiger partial charge is 0.487 e. The fraction of sp³-hybridized carbons (Fsp3) is 0.348. The maximum atomic E-state index is 7.57.